The molecule has 1 aromatic carbocycles. The van der Waals surface area contributed by atoms with Crippen LogP contribution in [-0.4, -0.2) is 29.0 Å². The molecule has 2 aromatic rings. The Balaban J connectivity index is 2.44. The molecule has 0 aliphatic rings. The third-order valence-corrected chi connectivity index (χ3v) is 2.65. The Labute approximate surface area is 121 Å². The molecule has 0 saturated carbocycles. The normalized spacial score (nSPS) is 10.8. The summed E-state index contributed by atoms with van der Waals surface area (Å²) >= 11 is 0. The molecule has 0 atom stereocenters. The Kier molecular flexibility index (Phi) is 4.30. The number of para-hydroxylation sites is 1. The molecular formula is C14H16F2N4O. The predicted octanol–water partition coefficient (Wildman–Crippen LogP) is 3.13. The van der Waals surface area contributed by atoms with Crippen molar-refractivity contribution < 1.29 is 13.5 Å². The summed E-state index contributed by atoms with van der Waals surface area (Å²) in [5, 5.41) is 0. The fourth-order valence-electron chi connectivity index (χ4n) is 1.54. The van der Waals surface area contributed by atoms with Gasteiger partial charge in [-0.05, 0) is 12.1 Å². The van der Waals surface area contributed by atoms with Gasteiger partial charge >= 0.3 is 6.01 Å². The SMILES string of the molecule is CC(C)c1nc(Oc2c(F)cccc2F)nc(N(C)C)n1. The number of nitrogens with zero attached hydrogens (tertiary/aromatic N) is 4. The van der Waals surface area contributed by atoms with Gasteiger partial charge in [-0.2, -0.15) is 15.0 Å². The lowest BCUT2D eigenvalue weighted by atomic mass is 10.2. The van der Waals surface area contributed by atoms with Gasteiger partial charge in [-0.3, -0.25) is 0 Å². The number of hydrogen-bond donors (Lipinski definition) is 0. The van der Waals surface area contributed by atoms with E-state index in [9.17, 15) is 8.78 Å². The largest absolute Gasteiger partial charge is 0.418 e. The summed E-state index contributed by atoms with van der Waals surface area (Å²) in [5.41, 5.74) is 0. The van der Waals surface area contributed by atoms with Gasteiger partial charge in [0.2, 0.25) is 11.7 Å². The lowest BCUT2D eigenvalue weighted by molar-refractivity contribution is 0.378. The average Bonchev–Trinajstić information content (AvgIpc) is 2.42. The van der Waals surface area contributed by atoms with Gasteiger partial charge in [-0.25, -0.2) is 8.78 Å². The molecule has 0 aliphatic heterocycles. The summed E-state index contributed by atoms with van der Waals surface area (Å²) in [6.07, 6.45) is 0. The van der Waals surface area contributed by atoms with Crippen molar-refractivity contribution in [1.82, 2.24) is 15.0 Å². The lowest BCUT2D eigenvalue weighted by Gasteiger charge is -2.14. The Bertz CT molecular complexity index is 600. The molecule has 112 valence electrons. The van der Waals surface area contributed by atoms with Crippen molar-refractivity contribution in [3.8, 4) is 11.8 Å². The highest BCUT2D eigenvalue weighted by Crippen LogP contribution is 2.26. The van der Waals surface area contributed by atoms with Gasteiger partial charge in [0.25, 0.3) is 0 Å². The summed E-state index contributed by atoms with van der Waals surface area (Å²) < 4.78 is 32.4. The van der Waals surface area contributed by atoms with Gasteiger partial charge in [0, 0.05) is 20.0 Å². The predicted molar refractivity (Wildman–Crippen MR) is 74.7 cm³/mol. The summed E-state index contributed by atoms with van der Waals surface area (Å²) in [6.45, 7) is 3.81. The van der Waals surface area contributed by atoms with Crippen LogP contribution >= 0.6 is 0 Å². The molecule has 0 amide bonds. The van der Waals surface area contributed by atoms with E-state index in [1.54, 1.807) is 19.0 Å². The van der Waals surface area contributed by atoms with Crippen molar-refractivity contribution in [2.75, 3.05) is 19.0 Å². The zero-order chi connectivity index (χ0) is 15.6. The van der Waals surface area contributed by atoms with E-state index in [0.717, 1.165) is 12.1 Å². The molecule has 1 aromatic heterocycles. The molecule has 0 bridgehead atoms. The Morgan fingerprint density at radius 1 is 1.05 bits per heavy atom. The average molecular weight is 294 g/mol. The fraction of sp³-hybridized carbons (Fsp3) is 0.357. The molecule has 1 heterocycles. The second kappa shape index (κ2) is 5.99. The highest BCUT2D eigenvalue weighted by atomic mass is 19.1. The first-order chi connectivity index (χ1) is 9.88. The molecule has 0 fully saturated rings. The van der Waals surface area contributed by atoms with E-state index in [1.807, 2.05) is 13.8 Å². The molecule has 0 N–H and O–H groups in total. The summed E-state index contributed by atoms with van der Waals surface area (Å²) in [6, 6.07) is 3.34. The van der Waals surface area contributed by atoms with Crippen molar-refractivity contribution in [2.45, 2.75) is 19.8 Å². The summed E-state index contributed by atoms with van der Waals surface area (Å²) in [5.74, 6) is -1.27. The van der Waals surface area contributed by atoms with Gasteiger partial charge in [-0.15, -0.1) is 0 Å². The van der Waals surface area contributed by atoms with Crippen molar-refractivity contribution in [1.29, 1.82) is 0 Å². The fourth-order valence-corrected chi connectivity index (χ4v) is 1.54. The molecule has 0 saturated heterocycles. The second-order valence-electron chi connectivity index (χ2n) is 4.98. The van der Waals surface area contributed by atoms with Crippen LogP contribution < -0.4 is 9.64 Å². The second-order valence-corrected chi connectivity index (χ2v) is 4.98. The van der Waals surface area contributed by atoms with Crippen LogP contribution in [0.15, 0.2) is 18.2 Å². The maximum atomic E-state index is 13.6. The van der Waals surface area contributed by atoms with Crippen LogP contribution in [0.1, 0.15) is 25.6 Å². The molecule has 0 radical (unpaired) electrons. The first kappa shape index (κ1) is 15.1. The molecule has 0 spiro atoms. The molecule has 0 unspecified atom stereocenters. The number of hydrogen-bond acceptors (Lipinski definition) is 5. The standard InChI is InChI=1S/C14H16F2N4O/c1-8(2)12-17-13(20(3)4)19-14(18-12)21-11-9(15)6-5-7-10(11)16/h5-8H,1-4H3. The maximum absolute atomic E-state index is 13.6. The number of anilines is 1. The van der Waals surface area contributed by atoms with Gasteiger partial charge in [-0.1, -0.05) is 19.9 Å². The third kappa shape index (κ3) is 3.42. The van der Waals surface area contributed by atoms with Crippen LogP contribution in [0, 0.1) is 11.6 Å². The van der Waals surface area contributed by atoms with E-state index < -0.39 is 17.4 Å². The first-order valence-electron chi connectivity index (χ1n) is 6.43. The maximum Gasteiger partial charge on any atom is 0.327 e. The monoisotopic (exact) mass is 294 g/mol. The molecular weight excluding hydrogens is 278 g/mol. The Hall–Kier alpha value is -2.31. The van der Waals surface area contributed by atoms with Gasteiger partial charge in [0.15, 0.2) is 11.6 Å². The van der Waals surface area contributed by atoms with Crippen LogP contribution in [0.3, 0.4) is 0 Å². The number of halogens is 2. The molecule has 2 rings (SSSR count). The van der Waals surface area contributed by atoms with Crippen molar-refractivity contribution in [3.05, 3.63) is 35.7 Å². The lowest BCUT2D eigenvalue weighted by Crippen LogP contribution is -2.16. The van der Waals surface area contributed by atoms with Crippen LogP contribution in [0.5, 0.6) is 11.8 Å². The van der Waals surface area contributed by atoms with Crippen molar-refractivity contribution in [3.63, 3.8) is 0 Å². The minimum absolute atomic E-state index is 0.0273. The van der Waals surface area contributed by atoms with Gasteiger partial charge in [0.1, 0.15) is 5.82 Å². The number of benzene rings is 1. The number of aromatic nitrogens is 3. The first-order valence-corrected chi connectivity index (χ1v) is 6.43. The van der Waals surface area contributed by atoms with Gasteiger partial charge in [0.05, 0.1) is 0 Å². The van der Waals surface area contributed by atoms with Crippen LogP contribution in [-0.2, 0) is 0 Å². The zero-order valence-corrected chi connectivity index (χ0v) is 12.3. The number of ether oxygens (including phenoxy) is 1. The topological polar surface area (TPSA) is 51.1 Å². The van der Waals surface area contributed by atoms with Crippen molar-refractivity contribution in [2.24, 2.45) is 0 Å². The van der Waals surface area contributed by atoms with E-state index in [0.29, 0.717) is 11.8 Å². The zero-order valence-electron chi connectivity index (χ0n) is 12.3. The van der Waals surface area contributed by atoms with Gasteiger partial charge < -0.3 is 9.64 Å². The molecule has 0 aliphatic carbocycles. The molecule has 21 heavy (non-hydrogen) atoms. The summed E-state index contributed by atoms with van der Waals surface area (Å²) in [7, 11) is 3.51. The quantitative estimate of drug-likeness (QED) is 0.867. The summed E-state index contributed by atoms with van der Waals surface area (Å²) in [4.78, 5) is 14.0. The van der Waals surface area contributed by atoms with E-state index in [1.165, 1.54) is 6.07 Å². The minimum Gasteiger partial charge on any atom is -0.418 e. The van der Waals surface area contributed by atoms with E-state index in [2.05, 4.69) is 15.0 Å². The molecule has 7 heteroatoms. The van der Waals surface area contributed by atoms with Crippen molar-refractivity contribution >= 4 is 5.95 Å². The van der Waals surface area contributed by atoms with Crippen LogP contribution in [0.4, 0.5) is 14.7 Å². The van der Waals surface area contributed by atoms with E-state index in [-0.39, 0.29) is 11.9 Å². The van der Waals surface area contributed by atoms with E-state index >= 15 is 0 Å². The third-order valence-electron chi connectivity index (χ3n) is 2.65. The van der Waals surface area contributed by atoms with Crippen LogP contribution in [0.2, 0.25) is 0 Å². The number of rotatable bonds is 4. The highest BCUT2D eigenvalue weighted by molar-refractivity contribution is 5.32. The smallest absolute Gasteiger partial charge is 0.327 e. The van der Waals surface area contributed by atoms with E-state index in [4.69, 9.17) is 4.74 Å². The highest BCUT2D eigenvalue weighted by Gasteiger charge is 2.16. The molecule has 5 nitrogen and oxygen atoms in total. The minimum atomic E-state index is -0.812. The Morgan fingerprint density at radius 3 is 2.19 bits per heavy atom. The van der Waals surface area contributed by atoms with Crippen LogP contribution in [0.25, 0.3) is 0 Å². The Morgan fingerprint density at radius 2 is 1.67 bits per heavy atom.